The van der Waals surface area contributed by atoms with Gasteiger partial charge in [0.25, 0.3) is 0 Å². The Labute approximate surface area is 133 Å². The average molecular weight is 314 g/mol. The highest BCUT2D eigenvalue weighted by molar-refractivity contribution is 6.31. The van der Waals surface area contributed by atoms with E-state index in [0.717, 1.165) is 55.4 Å². The van der Waals surface area contributed by atoms with Crippen LogP contribution in [0.5, 0.6) is 0 Å². The smallest absolute Gasteiger partial charge is 0.0847 e. The number of likely N-dealkylation sites (N-methyl/N-ethyl adjacent to an activating group) is 1. The van der Waals surface area contributed by atoms with Gasteiger partial charge in [0.15, 0.2) is 0 Å². The zero-order chi connectivity index (χ0) is 15.4. The van der Waals surface area contributed by atoms with Gasteiger partial charge in [-0.05, 0) is 33.2 Å². The van der Waals surface area contributed by atoms with E-state index in [4.69, 9.17) is 16.3 Å². The third-order valence-corrected chi connectivity index (χ3v) is 5.00. The van der Waals surface area contributed by atoms with Crippen LogP contribution in [0.1, 0.15) is 45.0 Å². The van der Waals surface area contributed by atoms with Gasteiger partial charge < -0.3 is 10.1 Å². The topological polar surface area (TPSA) is 39.1 Å². The van der Waals surface area contributed by atoms with Gasteiger partial charge in [-0.3, -0.25) is 4.68 Å². The summed E-state index contributed by atoms with van der Waals surface area (Å²) in [7, 11) is 0. The molecule has 1 aromatic heterocycles. The summed E-state index contributed by atoms with van der Waals surface area (Å²) in [6, 6.07) is 0.404. The summed E-state index contributed by atoms with van der Waals surface area (Å²) in [6.07, 6.45) is 3.50. The fourth-order valence-corrected chi connectivity index (χ4v) is 3.67. The van der Waals surface area contributed by atoms with Crippen LogP contribution in [0.15, 0.2) is 0 Å². The molecule has 0 amide bonds. The molecule has 4 nitrogen and oxygen atoms in total. The Morgan fingerprint density at radius 3 is 2.81 bits per heavy atom. The maximum Gasteiger partial charge on any atom is 0.0847 e. The van der Waals surface area contributed by atoms with Crippen LogP contribution in [-0.4, -0.2) is 35.1 Å². The van der Waals surface area contributed by atoms with Gasteiger partial charge in [0, 0.05) is 31.5 Å². The second-order valence-corrected chi connectivity index (χ2v) is 6.18. The van der Waals surface area contributed by atoms with Gasteiger partial charge in [0.05, 0.1) is 22.5 Å². The van der Waals surface area contributed by atoms with Gasteiger partial charge in [-0.15, -0.1) is 0 Å². The van der Waals surface area contributed by atoms with Crippen molar-refractivity contribution in [3.05, 3.63) is 16.4 Å². The number of rotatable bonds is 7. The van der Waals surface area contributed by atoms with Crippen molar-refractivity contribution >= 4 is 11.6 Å². The number of aromatic nitrogens is 2. The predicted octanol–water partition coefficient (Wildman–Crippen LogP) is 3.20. The third kappa shape index (κ3) is 3.61. The maximum absolute atomic E-state index is 6.47. The third-order valence-electron chi connectivity index (χ3n) is 4.51. The molecule has 1 aliphatic heterocycles. The summed E-state index contributed by atoms with van der Waals surface area (Å²) < 4.78 is 7.92. The maximum atomic E-state index is 6.47. The van der Waals surface area contributed by atoms with Gasteiger partial charge >= 0.3 is 0 Å². The van der Waals surface area contributed by atoms with E-state index < -0.39 is 0 Å². The molecule has 0 radical (unpaired) electrons. The van der Waals surface area contributed by atoms with Crippen LogP contribution in [-0.2, 0) is 17.7 Å². The van der Waals surface area contributed by atoms with Crippen molar-refractivity contribution in [3.63, 3.8) is 0 Å². The molecule has 5 heteroatoms. The number of halogens is 1. The molecule has 1 fully saturated rings. The first-order valence-corrected chi connectivity index (χ1v) is 8.56. The average Bonchev–Trinajstić information content (AvgIpc) is 3.06. The van der Waals surface area contributed by atoms with Gasteiger partial charge in [0.2, 0.25) is 0 Å². The Hall–Kier alpha value is -0.580. The van der Waals surface area contributed by atoms with E-state index in [1.165, 1.54) is 0 Å². The summed E-state index contributed by atoms with van der Waals surface area (Å²) in [6.45, 7) is 11.2. The van der Waals surface area contributed by atoms with E-state index >= 15 is 0 Å². The second kappa shape index (κ2) is 7.61. The quantitative estimate of drug-likeness (QED) is 0.840. The number of aryl methyl sites for hydroxylation is 2. The molecule has 120 valence electrons. The van der Waals surface area contributed by atoms with Gasteiger partial charge in [0.1, 0.15) is 0 Å². The van der Waals surface area contributed by atoms with E-state index in [1.807, 2.05) is 11.6 Å². The molecule has 1 saturated heterocycles. The van der Waals surface area contributed by atoms with Crippen LogP contribution < -0.4 is 5.32 Å². The van der Waals surface area contributed by atoms with Crippen LogP contribution in [0.25, 0.3) is 0 Å². The lowest BCUT2D eigenvalue weighted by molar-refractivity contribution is 0.0774. The number of nitrogens with one attached hydrogen (secondary N) is 1. The van der Waals surface area contributed by atoms with Crippen molar-refractivity contribution in [1.29, 1.82) is 0 Å². The molecule has 2 heterocycles. The Kier molecular flexibility index (Phi) is 6.08. The van der Waals surface area contributed by atoms with E-state index in [2.05, 4.69) is 31.2 Å². The summed E-state index contributed by atoms with van der Waals surface area (Å²) in [5.74, 6) is 0.562. The molecule has 0 bridgehead atoms. The fourth-order valence-electron chi connectivity index (χ4n) is 3.46. The summed E-state index contributed by atoms with van der Waals surface area (Å²) >= 11 is 6.47. The van der Waals surface area contributed by atoms with E-state index in [1.54, 1.807) is 0 Å². The van der Waals surface area contributed by atoms with Gasteiger partial charge in [-0.25, -0.2) is 0 Å². The highest BCUT2D eigenvalue weighted by Crippen LogP contribution is 2.30. The van der Waals surface area contributed by atoms with E-state index in [0.29, 0.717) is 18.1 Å². The summed E-state index contributed by atoms with van der Waals surface area (Å²) in [5, 5.41) is 9.00. The minimum absolute atomic E-state index is 0.368. The second-order valence-electron chi connectivity index (χ2n) is 5.80. The molecule has 0 spiro atoms. The number of ether oxygens (including phenoxy) is 1. The molecule has 1 aromatic rings. The van der Waals surface area contributed by atoms with Crippen molar-refractivity contribution in [2.24, 2.45) is 5.92 Å². The number of hydrogen-bond donors (Lipinski definition) is 1. The largest absolute Gasteiger partial charge is 0.378 e. The monoisotopic (exact) mass is 313 g/mol. The summed E-state index contributed by atoms with van der Waals surface area (Å²) in [4.78, 5) is 0. The van der Waals surface area contributed by atoms with Crippen molar-refractivity contribution in [2.75, 3.05) is 13.2 Å². The molecule has 2 rings (SSSR count). The van der Waals surface area contributed by atoms with E-state index in [-0.39, 0.29) is 0 Å². The molecule has 0 aliphatic carbocycles. The Morgan fingerprint density at radius 1 is 1.43 bits per heavy atom. The van der Waals surface area contributed by atoms with Crippen LogP contribution in [0.3, 0.4) is 0 Å². The van der Waals surface area contributed by atoms with Crippen LogP contribution >= 0.6 is 11.6 Å². The molecule has 1 N–H and O–H groups in total. The number of nitrogens with zero attached hydrogens (tertiary/aromatic N) is 2. The lowest BCUT2D eigenvalue weighted by atomic mass is 9.88. The Balaban J connectivity index is 2.20. The highest BCUT2D eigenvalue weighted by atomic mass is 35.5. The lowest BCUT2D eigenvalue weighted by Gasteiger charge is -2.28. The molecular weight excluding hydrogens is 286 g/mol. The Morgan fingerprint density at radius 2 is 2.19 bits per heavy atom. The predicted molar refractivity (Wildman–Crippen MR) is 87.0 cm³/mol. The molecule has 0 saturated carbocycles. The molecule has 21 heavy (non-hydrogen) atoms. The normalized spacial score (nSPS) is 23.7. The SMILES string of the molecule is CCNC(Cc1c(Cl)c(C)nn1CC)C1CCOC1CC. The fraction of sp³-hybridized carbons (Fsp3) is 0.812. The molecule has 1 aliphatic rings. The molecular formula is C16H28ClN3O. The first kappa shape index (κ1) is 16.8. The number of hydrogen-bond acceptors (Lipinski definition) is 3. The standard InChI is InChI=1S/C16H28ClN3O/c1-5-15-12(8-9-21-15)13(18-6-2)10-14-16(17)11(4)19-20(14)7-3/h12-13,15,18H,5-10H2,1-4H3. The molecule has 3 unspecified atom stereocenters. The molecule has 0 aromatic carbocycles. The van der Waals surface area contributed by atoms with E-state index in [9.17, 15) is 0 Å². The van der Waals surface area contributed by atoms with Crippen LogP contribution in [0.4, 0.5) is 0 Å². The lowest BCUT2D eigenvalue weighted by Crippen LogP contribution is -2.42. The highest BCUT2D eigenvalue weighted by Gasteiger charge is 2.34. The minimum Gasteiger partial charge on any atom is -0.378 e. The van der Waals surface area contributed by atoms with Crippen LogP contribution in [0, 0.1) is 12.8 Å². The van der Waals surface area contributed by atoms with Crippen molar-refractivity contribution in [2.45, 2.75) is 65.6 Å². The first-order valence-electron chi connectivity index (χ1n) is 8.19. The zero-order valence-corrected chi connectivity index (χ0v) is 14.4. The van der Waals surface area contributed by atoms with Gasteiger partial charge in [-0.1, -0.05) is 25.4 Å². The first-order chi connectivity index (χ1) is 10.1. The van der Waals surface area contributed by atoms with Crippen molar-refractivity contribution in [3.8, 4) is 0 Å². The van der Waals surface area contributed by atoms with Crippen molar-refractivity contribution < 1.29 is 4.74 Å². The molecule has 3 atom stereocenters. The minimum atomic E-state index is 0.368. The van der Waals surface area contributed by atoms with Gasteiger partial charge in [-0.2, -0.15) is 5.10 Å². The summed E-state index contributed by atoms with van der Waals surface area (Å²) in [5.41, 5.74) is 2.09. The Bertz CT molecular complexity index is 461. The van der Waals surface area contributed by atoms with Crippen molar-refractivity contribution in [1.82, 2.24) is 15.1 Å². The zero-order valence-electron chi connectivity index (χ0n) is 13.7. The van der Waals surface area contributed by atoms with Crippen LogP contribution in [0.2, 0.25) is 5.02 Å².